The van der Waals surface area contributed by atoms with E-state index in [0.717, 1.165) is 7.11 Å². The van der Waals surface area contributed by atoms with Gasteiger partial charge in [-0.05, 0) is 12.1 Å². The average molecular weight is 272 g/mol. The van der Waals surface area contributed by atoms with Crippen LogP contribution in [0.3, 0.4) is 0 Å². The summed E-state index contributed by atoms with van der Waals surface area (Å²) < 4.78 is 80.1. The fourth-order valence-electron chi connectivity index (χ4n) is 1.45. The first-order valence-electron chi connectivity index (χ1n) is 4.43. The first kappa shape index (κ1) is 14.3. The molecule has 0 heterocycles. The highest BCUT2D eigenvalue weighted by Crippen LogP contribution is 2.46. The summed E-state index contributed by atoms with van der Waals surface area (Å²) >= 11 is 0. The number of ether oxygens (including phenoxy) is 1. The van der Waals surface area contributed by atoms with Crippen molar-refractivity contribution in [2.75, 3.05) is 7.11 Å². The molecule has 1 rings (SSSR count). The van der Waals surface area contributed by atoms with E-state index in [4.69, 9.17) is 0 Å². The van der Waals surface area contributed by atoms with Crippen molar-refractivity contribution in [1.82, 2.24) is 0 Å². The maximum atomic E-state index is 12.6. The minimum atomic E-state index is -5.31. The van der Waals surface area contributed by atoms with E-state index in [0.29, 0.717) is 12.1 Å². The molecule has 0 radical (unpaired) electrons. The summed E-state index contributed by atoms with van der Waals surface area (Å²) in [6.45, 7) is 0. The van der Waals surface area contributed by atoms with E-state index in [1.54, 1.807) is 0 Å². The second-order valence-electron chi connectivity index (χ2n) is 3.22. The molecule has 1 aromatic rings. The summed E-state index contributed by atoms with van der Waals surface area (Å²) in [5.41, 5.74) is -5.12. The van der Waals surface area contributed by atoms with Gasteiger partial charge >= 0.3 is 12.4 Å². The zero-order chi connectivity index (χ0) is 14.1. The Labute approximate surface area is 97.2 Å². The number of rotatable bonds is 2. The Morgan fingerprint density at radius 3 is 1.83 bits per heavy atom. The van der Waals surface area contributed by atoms with Crippen LogP contribution in [-0.2, 0) is 12.4 Å². The van der Waals surface area contributed by atoms with Gasteiger partial charge in [-0.2, -0.15) is 26.3 Å². The Hall–Kier alpha value is -1.73. The van der Waals surface area contributed by atoms with Crippen molar-refractivity contribution in [3.8, 4) is 5.75 Å². The van der Waals surface area contributed by atoms with Crippen molar-refractivity contribution in [2.45, 2.75) is 12.4 Å². The van der Waals surface area contributed by atoms with Gasteiger partial charge in [-0.25, -0.2) is 0 Å². The molecule has 0 aliphatic rings. The predicted octanol–water partition coefficient (Wildman–Crippen LogP) is 3.55. The largest absolute Gasteiger partial charge is 0.496 e. The van der Waals surface area contributed by atoms with Crippen LogP contribution in [-0.4, -0.2) is 13.4 Å². The van der Waals surface area contributed by atoms with Gasteiger partial charge in [0.2, 0.25) is 0 Å². The molecule has 0 aromatic heterocycles. The van der Waals surface area contributed by atoms with Crippen molar-refractivity contribution in [1.29, 1.82) is 0 Å². The summed E-state index contributed by atoms with van der Waals surface area (Å²) in [4.78, 5) is 10.4. The maximum absolute atomic E-state index is 12.6. The van der Waals surface area contributed by atoms with E-state index in [9.17, 15) is 31.1 Å². The fourth-order valence-corrected chi connectivity index (χ4v) is 1.45. The minimum Gasteiger partial charge on any atom is -0.496 e. The van der Waals surface area contributed by atoms with Crippen molar-refractivity contribution >= 4 is 6.29 Å². The first-order chi connectivity index (χ1) is 8.12. The van der Waals surface area contributed by atoms with E-state index in [1.807, 2.05) is 0 Å². The topological polar surface area (TPSA) is 26.3 Å². The summed E-state index contributed by atoms with van der Waals surface area (Å²) in [5.74, 6) is -0.986. The number of carbonyl (C=O) groups is 1. The summed E-state index contributed by atoms with van der Waals surface area (Å²) in [7, 11) is 0.811. The van der Waals surface area contributed by atoms with E-state index in [2.05, 4.69) is 4.74 Å². The average Bonchev–Trinajstić information content (AvgIpc) is 2.24. The van der Waals surface area contributed by atoms with E-state index in [-0.39, 0.29) is 6.29 Å². The van der Waals surface area contributed by atoms with Gasteiger partial charge in [-0.15, -0.1) is 0 Å². The van der Waals surface area contributed by atoms with Crippen LogP contribution in [0.15, 0.2) is 12.1 Å². The number of aldehydes is 1. The number of hydrogen-bond acceptors (Lipinski definition) is 2. The van der Waals surface area contributed by atoms with E-state index >= 15 is 0 Å². The van der Waals surface area contributed by atoms with Gasteiger partial charge in [0.15, 0.2) is 6.29 Å². The van der Waals surface area contributed by atoms with Crippen LogP contribution in [0.25, 0.3) is 0 Å². The van der Waals surface area contributed by atoms with Crippen LogP contribution in [0, 0.1) is 0 Å². The van der Waals surface area contributed by atoms with Crippen molar-refractivity contribution < 1.29 is 35.9 Å². The number of methoxy groups -OCH3 is 1. The second-order valence-corrected chi connectivity index (χ2v) is 3.22. The van der Waals surface area contributed by atoms with Crippen LogP contribution >= 0.6 is 0 Å². The molecule has 0 saturated carbocycles. The molecular formula is C10H6F6O2. The standard InChI is InChI=1S/C10H6F6O2/c1-18-6-3-2-5(4-17)7(9(11,12)13)8(6)10(14,15)16/h2-4H,1H3. The molecule has 0 aliphatic heterocycles. The Bertz CT molecular complexity index is 461. The molecule has 1 aromatic carbocycles. The zero-order valence-corrected chi connectivity index (χ0v) is 8.82. The minimum absolute atomic E-state index is 0.280. The lowest BCUT2D eigenvalue weighted by molar-refractivity contribution is -0.163. The highest BCUT2D eigenvalue weighted by Gasteiger charge is 2.47. The number of halogens is 6. The van der Waals surface area contributed by atoms with E-state index in [1.165, 1.54) is 0 Å². The van der Waals surface area contributed by atoms with Crippen molar-refractivity contribution in [3.63, 3.8) is 0 Å². The van der Waals surface area contributed by atoms with Gasteiger partial charge in [0.25, 0.3) is 0 Å². The van der Waals surface area contributed by atoms with Gasteiger partial charge < -0.3 is 4.74 Å². The zero-order valence-electron chi connectivity index (χ0n) is 8.82. The van der Waals surface area contributed by atoms with Crippen molar-refractivity contribution in [3.05, 3.63) is 28.8 Å². The number of benzene rings is 1. The van der Waals surface area contributed by atoms with Crippen molar-refractivity contribution in [2.24, 2.45) is 0 Å². The highest BCUT2D eigenvalue weighted by atomic mass is 19.4. The molecule has 100 valence electrons. The lowest BCUT2D eigenvalue weighted by atomic mass is 9.99. The Morgan fingerprint density at radius 2 is 1.50 bits per heavy atom. The predicted molar refractivity (Wildman–Crippen MR) is 48.4 cm³/mol. The smallest absolute Gasteiger partial charge is 0.420 e. The molecule has 0 aliphatic carbocycles. The van der Waals surface area contributed by atoms with Crippen LogP contribution in [0.5, 0.6) is 5.75 Å². The van der Waals surface area contributed by atoms with Gasteiger partial charge in [-0.1, -0.05) is 0 Å². The van der Waals surface area contributed by atoms with Crippen LogP contribution < -0.4 is 4.74 Å². The Morgan fingerprint density at radius 1 is 1.00 bits per heavy atom. The quantitative estimate of drug-likeness (QED) is 0.608. The number of hydrogen-bond donors (Lipinski definition) is 0. The third kappa shape index (κ3) is 2.57. The summed E-state index contributed by atoms with van der Waals surface area (Å²) in [6.07, 6.45) is -10.9. The molecule has 8 heteroatoms. The lowest BCUT2D eigenvalue weighted by Gasteiger charge is -2.19. The number of alkyl halides is 6. The van der Waals surface area contributed by atoms with Gasteiger partial charge in [0.1, 0.15) is 11.3 Å². The third-order valence-corrected chi connectivity index (χ3v) is 2.11. The molecule has 0 atom stereocenters. The Kier molecular flexibility index (Phi) is 3.59. The molecule has 0 unspecified atom stereocenters. The van der Waals surface area contributed by atoms with Crippen LogP contribution in [0.1, 0.15) is 21.5 Å². The van der Waals surface area contributed by atoms with Gasteiger partial charge in [0, 0.05) is 5.56 Å². The van der Waals surface area contributed by atoms with Crippen LogP contribution in [0.2, 0.25) is 0 Å². The molecular weight excluding hydrogens is 266 g/mol. The first-order valence-corrected chi connectivity index (χ1v) is 4.43. The lowest BCUT2D eigenvalue weighted by Crippen LogP contribution is -2.20. The summed E-state index contributed by atoms with van der Waals surface area (Å²) in [6, 6.07) is 1.30. The molecule has 0 spiro atoms. The van der Waals surface area contributed by atoms with Gasteiger partial charge in [0.05, 0.1) is 12.7 Å². The molecule has 0 N–H and O–H groups in total. The molecule has 0 saturated heterocycles. The highest BCUT2D eigenvalue weighted by molar-refractivity contribution is 5.79. The monoisotopic (exact) mass is 272 g/mol. The molecule has 0 amide bonds. The number of carbonyl (C=O) groups excluding carboxylic acids is 1. The molecule has 0 fully saturated rings. The Balaban J connectivity index is 3.76. The van der Waals surface area contributed by atoms with E-state index < -0.39 is 34.8 Å². The molecule has 18 heavy (non-hydrogen) atoms. The van der Waals surface area contributed by atoms with Crippen LogP contribution in [0.4, 0.5) is 26.3 Å². The second kappa shape index (κ2) is 4.51. The summed E-state index contributed by atoms with van der Waals surface area (Å²) in [5, 5.41) is 0. The normalized spacial score (nSPS) is 12.4. The van der Waals surface area contributed by atoms with Gasteiger partial charge in [-0.3, -0.25) is 4.79 Å². The SMILES string of the molecule is COc1ccc(C=O)c(C(F)(F)F)c1C(F)(F)F. The molecule has 0 bridgehead atoms. The molecule has 2 nitrogen and oxygen atoms in total. The maximum Gasteiger partial charge on any atom is 0.420 e. The third-order valence-electron chi connectivity index (χ3n) is 2.11. The fraction of sp³-hybridized carbons (Fsp3) is 0.300.